The van der Waals surface area contributed by atoms with Crippen LogP contribution in [0.15, 0.2) is 42.5 Å². The maximum absolute atomic E-state index is 13.6. The molecule has 35 heavy (non-hydrogen) atoms. The summed E-state index contributed by atoms with van der Waals surface area (Å²) in [6.07, 6.45) is 0.984. The fourth-order valence-electron chi connectivity index (χ4n) is 3.30. The minimum absolute atomic E-state index is 0.0130. The summed E-state index contributed by atoms with van der Waals surface area (Å²) in [4.78, 5) is 27.8. The summed E-state index contributed by atoms with van der Waals surface area (Å²) < 4.78 is 31.7. The highest BCUT2D eigenvalue weighted by Gasteiger charge is 2.31. The van der Waals surface area contributed by atoms with Crippen LogP contribution in [-0.4, -0.2) is 57.6 Å². The zero-order valence-corrected chi connectivity index (χ0v) is 22.7. The SMILES string of the molecule is COc1ccc(Cl)cc1N(CC(=O)N(Cc1ccccc1Cl)C(C)C(=O)NCC(C)C)S(C)(=O)=O. The second kappa shape index (κ2) is 12.5. The number of ether oxygens (including phenoxy) is 1. The molecular formula is C24H31Cl2N3O5S. The van der Waals surface area contributed by atoms with E-state index in [4.69, 9.17) is 27.9 Å². The van der Waals surface area contributed by atoms with Crippen molar-refractivity contribution in [2.24, 2.45) is 5.92 Å². The lowest BCUT2D eigenvalue weighted by atomic mass is 10.1. The number of hydrogen-bond acceptors (Lipinski definition) is 5. The molecule has 0 aliphatic rings. The first-order chi connectivity index (χ1) is 16.3. The highest BCUT2D eigenvalue weighted by molar-refractivity contribution is 7.92. The molecule has 0 bridgehead atoms. The largest absolute Gasteiger partial charge is 0.495 e. The molecule has 2 aromatic carbocycles. The second-order valence-electron chi connectivity index (χ2n) is 8.51. The molecule has 0 fully saturated rings. The van der Waals surface area contributed by atoms with Crippen LogP contribution in [0.1, 0.15) is 26.3 Å². The Bertz CT molecular complexity index is 1160. The molecule has 8 nitrogen and oxygen atoms in total. The van der Waals surface area contributed by atoms with E-state index in [1.165, 1.54) is 24.1 Å². The van der Waals surface area contributed by atoms with E-state index < -0.39 is 28.5 Å². The quantitative estimate of drug-likeness (QED) is 0.462. The van der Waals surface area contributed by atoms with Gasteiger partial charge in [0.1, 0.15) is 18.3 Å². The normalized spacial score (nSPS) is 12.2. The summed E-state index contributed by atoms with van der Waals surface area (Å²) in [5.41, 5.74) is 0.739. The zero-order chi connectivity index (χ0) is 26.3. The number of benzene rings is 2. The van der Waals surface area contributed by atoms with Crippen molar-refractivity contribution in [1.29, 1.82) is 0 Å². The number of rotatable bonds is 11. The maximum atomic E-state index is 13.6. The molecule has 2 rings (SSSR count). The van der Waals surface area contributed by atoms with Gasteiger partial charge >= 0.3 is 0 Å². The number of hydrogen-bond donors (Lipinski definition) is 1. The van der Waals surface area contributed by atoms with Crippen LogP contribution in [0, 0.1) is 5.92 Å². The summed E-state index contributed by atoms with van der Waals surface area (Å²) in [7, 11) is -2.54. The van der Waals surface area contributed by atoms with Crippen molar-refractivity contribution in [3.05, 3.63) is 58.1 Å². The molecular weight excluding hydrogens is 513 g/mol. The summed E-state index contributed by atoms with van der Waals surface area (Å²) in [6, 6.07) is 10.5. The van der Waals surface area contributed by atoms with Crippen LogP contribution in [0.5, 0.6) is 5.75 Å². The van der Waals surface area contributed by atoms with E-state index in [1.54, 1.807) is 37.3 Å². The maximum Gasteiger partial charge on any atom is 0.244 e. The predicted molar refractivity (Wildman–Crippen MR) is 140 cm³/mol. The van der Waals surface area contributed by atoms with Crippen molar-refractivity contribution in [3.8, 4) is 5.75 Å². The van der Waals surface area contributed by atoms with Crippen molar-refractivity contribution < 1.29 is 22.7 Å². The third-order valence-electron chi connectivity index (χ3n) is 5.24. The van der Waals surface area contributed by atoms with Crippen molar-refractivity contribution in [3.63, 3.8) is 0 Å². The number of sulfonamides is 1. The Labute approximate surface area is 217 Å². The number of halogens is 2. The fourth-order valence-corrected chi connectivity index (χ4v) is 4.50. The fraction of sp³-hybridized carbons (Fsp3) is 0.417. The van der Waals surface area contributed by atoms with Crippen molar-refractivity contribution in [2.45, 2.75) is 33.4 Å². The molecule has 0 aromatic heterocycles. The molecule has 0 spiro atoms. The Morgan fingerprint density at radius 1 is 1.09 bits per heavy atom. The van der Waals surface area contributed by atoms with E-state index in [9.17, 15) is 18.0 Å². The minimum atomic E-state index is -3.92. The third kappa shape index (κ3) is 8.02. The minimum Gasteiger partial charge on any atom is -0.495 e. The Hall–Kier alpha value is -2.49. The summed E-state index contributed by atoms with van der Waals surface area (Å²) >= 11 is 12.4. The highest BCUT2D eigenvalue weighted by atomic mass is 35.5. The van der Waals surface area contributed by atoms with Crippen LogP contribution < -0.4 is 14.4 Å². The average Bonchev–Trinajstić information content (AvgIpc) is 2.79. The molecule has 1 N–H and O–H groups in total. The van der Waals surface area contributed by atoms with E-state index >= 15 is 0 Å². The smallest absolute Gasteiger partial charge is 0.244 e. The number of methoxy groups -OCH3 is 1. The number of nitrogens with one attached hydrogen (secondary N) is 1. The Morgan fingerprint density at radius 2 is 1.74 bits per heavy atom. The molecule has 192 valence electrons. The van der Waals surface area contributed by atoms with E-state index in [2.05, 4.69) is 5.32 Å². The summed E-state index contributed by atoms with van der Waals surface area (Å²) in [5.74, 6) is -0.502. The van der Waals surface area contributed by atoms with Gasteiger partial charge in [-0.05, 0) is 42.7 Å². The van der Waals surface area contributed by atoms with Gasteiger partial charge in [-0.2, -0.15) is 0 Å². The molecule has 0 radical (unpaired) electrons. The first-order valence-electron chi connectivity index (χ1n) is 11.0. The van der Waals surface area contributed by atoms with E-state index in [0.29, 0.717) is 17.1 Å². The predicted octanol–water partition coefficient (Wildman–Crippen LogP) is 3.96. The number of amides is 2. The Morgan fingerprint density at radius 3 is 2.31 bits per heavy atom. The van der Waals surface area contributed by atoms with Gasteiger partial charge in [-0.15, -0.1) is 0 Å². The average molecular weight is 545 g/mol. The van der Waals surface area contributed by atoms with Crippen LogP contribution in [0.2, 0.25) is 10.0 Å². The second-order valence-corrected chi connectivity index (χ2v) is 11.3. The topological polar surface area (TPSA) is 96.0 Å². The summed E-state index contributed by atoms with van der Waals surface area (Å²) in [6.45, 7) is 5.39. The van der Waals surface area contributed by atoms with Crippen LogP contribution in [-0.2, 0) is 26.2 Å². The van der Waals surface area contributed by atoms with Gasteiger partial charge in [-0.25, -0.2) is 8.42 Å². The first-order valence-corrected chi connectivity index (χ1v) is 13.6. The van der Waals surface area contributed by atoms with Crippen LogP contribution in [0.3, 0.4) is 0 Å². The highest BCUT2D eigenvalue weighted by Crippen LogP contribution is 2.33. The molecule has 1 unspecified atom stereocenters. The van der Waals surface area contributed by atoms with Gasteiger partial charge < -0.3 is 15.0 Å². The monoisotopic (exact) mass is 543 g/mol. The van der Waals surface area contributed by atoms with Crippen LogP contribution in [0.4, 0.5) is 5.69 Å². The van der Waals surface area contributed by atoms with E-state index in [1.807, 2.05) is 13.8 Å². The number of anilines is 1. The van der Waals surface area contributed by atoms with Crippen molar-refractivity contribution in [2.75, 3.05) is 30.8 Å². The molecule has 0 saturated carbocycles. The molecule has 0 heterocycles. The number of carbonyl (C=O) groups is 2. The summed E-state index contributed by atoms with van der Waals surface area (Å²) in [5, 5.41) is 3.53. The van der Waals surface area contributed by atoms with E-state index in [-0.39, 0.29) is 34.8 Å². The molecule has 1 atom stereocenters. The Kier molecular flexibility index (Phi) is 10.2. The standard InChI is InChI=1S/C24H31Cl2N3O5S/c1-16(2)13-27-24(31)17(3)28(14-18-8-6-7-9-20(18)26)23(30)15-29(35(5,32)33)21-12-19(25)10-11-22(21)34-4/h6-12,16-17H,13-15H2,1-5H3,(H,27,31). The van der Waals surface area contributed by atoms with Gasteiger partial charge in [0, 0.05) is 23.1 Å². The molecule has 0 aliphatic heterocycles. The van der Waals surface area contributed by atoms with Crippen LogP contribution >= 0.6 is 23.2 Å². The third-order valence-corrected chi connectivity index (χ3v) is 6.97. The lowest BCUT2D eigenvalue weighted by molar-refractivity contribution is -0.139. The molecule has 0 aliphatic carbocycles. The van der Waals surface area contributed by atoms with Crippen LogP contribution in [0.25, 0.3) is 0 Å². The zero-order valence-electron chi connectivity index (χ0n) is 20.4. The van der Waals surface area contributed by atoms with Gasteiger partial charge in [0.15, 0.2) is 0 Å². The lowest BCUT2D eigenvalue weighted by Crippen LogP contribution is -2.51. The van der Waals surface area contributed by atoms with Crippen molar-refractivity contribution >= 4 is 50.7 Å². The first kappa shape index (κ1) is 28.7. The number of nitrogens with zero attached hydrogens (tertiary/aromatic N) is 2. The lowest BCUT2D eigenvalue weighted by Gasteiger charge is -2.32. The number of carbonyl (C=O) groups excluding carboxylic acids is 2. The van der Waals surface area contributed by atoms with Gasteiger partial charge in [-0.1, -0.05) is 55.2 Å². The van der Waals surface area contributed by atoms with Gasteiger partial charge in [0.2, 0.25) is 21.8 Å². The molecule has 2 aromatic rings. The van der Waals surface area contributed by atoms with E-state index in [0.717, 1.165) is 10.6 Å². The van der Waals surface area contributed by atoms with Gasteiger partial charge in [-0.3, -0.25) is 13.9 Å². The molecule has 2 amide bonds. The molecule has 11 heteroatoms. The Balaban J connectivity index is 2.45. The molecule has 0 saturated heterocycles. The van der Waals surface area contributed by atoms with Gasteiger partial charge in [0.05, 0.1) is 19.1 Å². The van der Waals surface area contributed by atoms with Gasteiger partial charge in [0.25, 0.3) is 0 Å². The van der Waals surface area contributed by atoms with Crippen molar-refractivity contribution in [1.82, 2.24) is 10.2 Å².